The van der Waals surface area contributed by atoms with Crippen LogP contribution in [0.1, 0.15) is 6.92 Å². The zero-order valence-corrected chi connectivity index (χ0v) is 13.2. The number of thioether (sulfide) groups is 1. The second-order valence-corrected chi connectivity index (χ2v) is 5.26. The molecule has 9 heteroatoms. The topological polar surface area (TPSA) is 64.6 Å². The first-order valence-corrected chi connectivity index (χ1v) is 7.73. The van der Waals surface area contributed by atoms with E-state index < -0.39 is 12.6 Å². The lowest BCUT2D eigenvalue weighted by atomic mass is 10.3. The van der Waals surface area contributed by atoms with Gasteiger partial charge in [-0.1, -0.05) is 11.6 Å². The average Bonchev–Trinajstić information content (AvgIpc) is 2.41. The molecule has 0 saturated heterocycles. The van der Waals surface area contributed by atoms with E-state index in [4.69, 9.17) is 16.3 Å². The number of nitrogens with one attached hydrogen (secondary N) is 1. The molecule has 1 aromatic rings. The number of amides is 1. The first-order valence-electron chi connectivity index (χ1n) is 6.20. The van der Waals surface area contributed by atoms with Gasteiger partial charge in [-0.2, -0.15) is 8.78 Å². The van der Waals surface area contributed by atoms with Gasteiger partial charge >= 0.3 is 12.6 Å². The van der Waals surface area contributed by atoms with Crippen molar-refractivity contribution in [2.75, 3.05) is 23.4 Å². The van der Waals surface area contributed by atoms with Crippen molar-refractivity contribution in [3.05, 3.63) is 23.2 Å². The van der Waals surface area contributed by atoms with E-state index in [0.29, 0.717) is 5.69 Å². The third kappa shape index (κ3) is 6.95. The van der Waals surface area contributed by atoms with Gasteiger partial charge in [0.2, 0.25) is 5.91 Å². The van der Waals surface area contributed by atoms with Gasteiger partial charge in [-0.25, -0.2) is 0 Å². The fourth-order valence-corrected chi connectivity index (χ4v) is 2.23. The highest BCUT2D eigenvalue weighted by molar-refractivity contribution is 8.00. The van der Waals surface area contributed by atoms with Crippen molar-refractivity contribution < 1.29 is 27.8 Å². The van der Waals surface area contributed by atoms with E-state index >= 15 is 0 Å². The predicted molar refractivity (Wildman–Crippen MR) is 80.7 cm³/mol. The van der Waals surface area contributed by atoms with E-state index in [1.807, 2.05) is 0 Å². The van der Waals surface area contributed by atoms with Gasteiger partial charge in [-0.15, -0.1) is 11.8 Å². The number of ether oxygens (including phenoxy) is 2. The number of carbonyl (C=O) groups is 2. The van der Waals surface area contributed by atoms with E-state index in [1.54, 1.807) is 6.92 Å². The summed E-state index contributed by atoms with van der Waals surface area (Å²) in [4.78, 5) is 22.7. The molecule has 0 aliphatic heterocycles. The fraction of sp³-hybridized carbons (Fsp3) is 0.385. The van der Waals surface area contributed by atoms with Gasteiger partial charge in [-0.3, -0.25) is 9.59 Å². The Hall–Kier alpha value is -1.54. The minimum absolute atomic E-state index is 0.0442. The molecule has 1 amide bonds. The first kappa shape index (κ1) is 18.5. The Morgan fingerprint density at radius 2 is 2.09 bits per heavy atom. The third-order valence-electron chi connectivity index (χ3n) is 2.19. The number of carbonyl (C=O) groups excluding carboxylic acids is 2. The molecule has 0 radical (unpaired) electrons. The maximum Gasteiger partial charge on any atom is 0.387 e. The van der Waals surface area contributed by atoms with Crippen molar-refractivity contribution >= 4 is 40.9 Å². The monoisotopic (exact) mass is 353 g/mol. The molecule has 0 atom stereocenters. The van der Waals surface area contributed by atoms with Crippen molar-refractivity contribution in [3.8, 4) is 5.75 Å². The molecule has 1 aromatic carbocycles. The molecule has 122 valence electrons. The van der Waals surface area contributed by atoms with Gasteiger partial charge in [-0.05, 0) is 25.1 Å². The summed E-state index contributed by atoms with van der Waals surface area (Å²) in [6.07, 6.45) is 0. The SMILES string of the molecule is CCOC(=O)CSCC(=O)Nc1ccc(OC(F)F)c(Cl)c1. The Balaban J connectivity index is 2.44. The highest BCUT2D eigenvalue weighted by atomic mass is 35.5. The largest absolute Gasteiger partial charge is 0.465 e. The lowest BCUT2D eigenvalue weighted by Gasteiger charge is -2.09. The number of esters is 1. The smallest absolute Gasteiger partial charge is 0.387 e. The van der Waals surface area contributed by atoms with E-state index in [-0.39, 0.29) is 34.8 Å². The van der Waals surface area contributed by atoms with Crippen molar-refractivity contribution in [1.82, 2.24) is 0 Å². The zero-order chi connectivity index (χ0) is 16.5. The number of hydrogen-bond acceptors (Lipinski definition) is 5. The Morgan fingerprint density at radius 1 is 1.36 bits per heavy atom. The highest BCUT2D eigenvalue weighted by Gasteiger charge is 2.11. The molecular weight excluding hydrogens is 340 g/mol. The lowest BCUT2D eigenvalue weighted by Crippen LogP contribution is -2.16. The maximum absolute atomic E-state index is 12.1. The van der Waals surface area contributed by atoms with Gasteiger partial charge in [0.25, 0.3) is 0 Å². The summed E-state index contributed by atoms with van der Waals surface area (Å²) in [6, 6.07) is 3.92. The van der Waals surface area contributed by atoms with Crippen LogP contribution >= 0.6 is 23.4 Å². The summed E-state index contributed by atoms with van der Waals surface area (Å²) < 4.78 is 33.1. The standard InChI is InChI=1S/C13H14ClF2NO4S/c1-2-20-12(19)7-22-6-11(18)17-8-3-4-10(9(14)5-8)21-13(15)16/h3-5,13H,2,6-7H2,1H3,(H,17,18). The summed E-state index contributed by atoms with van der Waals surface area (Å²) in [7, 11) is 0. The molecule has 0 bridgehead atoms. The van der Waals surface area contributed by atoms with E-state index in [1.165, 1.54) is 18.2 Å². The van der Waals surface area contributed by atoms with Crippen LogP contribution in [0.15, 0.2) is 18.2 Å². The van der Waals surface area contributed by atoms with Crippen LogP contribution in [0, 0.1) is 0 Å². The zero-order valence-electron chi connectivity index (χ0n) is 11.6. The van der Waals surface area contributed by atoms with E-state index in [9.17, 15) is 18.4 Å². The predicted octanol–water partition coefficient (Wildman–Crippen LogP) is 3.18. The van der Waals surface area contributed by atoms with Crippen molar-refractivity contribution in [2.45, 2.75) is 13.5 Å². The van der Waals surface area contributed by atoms with Crippen LogP contribution in [0.2, 0.25) is 5.02 Å². The molecule has 0 fully saturated rings. The summed E-state index contributed by atoms with van der Waals surface area (Å²) in [5.41, 5.74) is 0.341. The lowest BCUT2D eigenvalue weighted by molar-refractivity contribution is -0.139. The van der Waals surface area contributed by atoms with Crippen LogP contribution < -0.4 is 10.1 Å². The van der Waals surface area contributed by atoms with Crippen LogP contribution in [-0.2, 0) is 14.3 Å². The third-order valence-corrected chi connectivity index (χ3v) is 3.39. The molecule has 0 aliphatic rings. The number of halogens is 3. The molecule has 0 unspecified atom stereocenters. The van der Waals surface area contributed by atoms with Crippen molar-refractivity contribution in [2.24, 2.45) is 0 Å². The molecule has 0 heterocycles. The quantitative estimate of drug-likeness (QED) is 0.727. The second-order valence-electron chi connectivity index (χ2n) is 3.87. The van der Waals surface area contributed by atoms with E-state index in [2.05, 4.69) is 10.1 Å². The molecule has 5 nitrogen and oxygen atoms in total. The molecule has 0 spiro atoms. The van der Waals surface area contributed by atoms with Crippen LogP contribution in [0.4, 0.5) is 14.5 Å². The molecule has 22 heavy (non-hydrogen) atoms. The van der Waals surface area contributed by atoms with Crippen LogP contribution in [-0.4, -0.2) is 36.6 Å². The number of hydrogen-bond donors (Lipinski definition) is 1. The van der Waals surface area contributed by atoms with Crippen LogP contribution in [0.5, 0.6) is 5.75 Å². The van der Waals surface area contributed by atoms with E-state index in [0.717, 1.165) is 11.8 Å². The molecule has 1 rings (SSSR count). The number of rotatable bonds is 8. The van der Waals surface area contributed by atoms with Crippen LogP contribution in [0.3, 0.4) is 0 Å². The minimum Gasteiger partial charge on any atom is -0.465 e. The molecule has 0 aromatic heterocycles. The van der Waals surface area contributed by atoms with Gasteiger partial charge in [0.15, 0.2) is 0 Å². The number of alkyl halides is 2. The van der Waals surface area contributed by atoms with Crippen molar-refractivity contribution in [3.63, 3.8) is 0 Å². The molecular formula is C13H14ClF2NO4S. The normalized spacial score (nSPS) is 10.4. The van der Waals surface area contributed by atoms with Gasteiger partial charge in [0.05, 0.1) is 23.1 Å². The molecule has 0 aliphatic carbocycles. The second kappa shape index (κ2) is 9.47. The number of anilines is 1. The fourth-order valence-electron chi connectivity index (χ4n) is 1.40. The summed E-state index contributed by atoms with van der Waals surface area (Å²) in [5.74, 6) is -0.800. The maximum atomic E-state index is 12.1. The minimum atomic E-state index is -2.97. The average molecular weight is 354 g/mol. The summed E-state index contributed by atoms with van der Waals surface area (Å²) in [6.45, 7) is -0.991. The summed E-state index contributed by atoms with van der Waals surface area (Å²) in [5, 5.41) is 2.49. The Kier molecular flexibility index (Phi) is 7.97. The Bertz CT molecular complexity index is 531. The molecule has 0 saturated carbocycles. The molecule has 1 N–H and O–H groups in total. The Labute approximate surface area is 135 Å². The van der Waals surface area contributed by atoms with Gasteiger partial charge in [0.1, 0.15) is 5.75 Å². The summed E-state index contributed by atoms with van der Waals surface area (Å²) >= 11 is 6.86. The van der Waals surface area contributed by atoms with Crippen LogP contribution in [0.25, 0.3) is 0 Å². The first-order chi connectivity index (χ1) is 10.4. The van der Waals surface area contributed by atoms with Crippen molar-refractivity contribution in [1.29, 1.82) is 0 Å². The Morgan fingerprint density at radius 3 is 2.68 bits per heavy atom. The van der Waals surface area contributed by atoms with Gasteiger partial charge < -0.3 is 14.8 Å². The highest BCUT2D eigenvalue weighted by Crippen LogP contribution is 2.28. The number of benzene rings is 1. The van der Waals surface area contributed by atoms with Gasteiger partial charge in [0, 0.05) is 5.69 Å².